The van der Waals surface area contributed by atoms with Crippen LogP contribution in [0.3, 0.4) is 0 Å². The van der Waals surface area contributed by atoms with E-state index in [2.05, 4.69) is 61.5 Å². The number of rotatable bonds is 14. The Kier molecular flexibility index (Phi) is 10.9. The standard InChI is InChI=1S/C26H38/c1-2-3-4-5-6-7-8-9-10-11-12-13-14-15-19-24-21-18-22-25-20-16-17-23-26(24)25/h14-18,20-23H,2-13,19H2,1H3/b15-14+. The van der Waals surface area contributed by atoms with Gasteiger partial charge in [-0.15, -0.1) is 0 Å². The zero-order valence-corrected chi connectivity index (χ0v) is 16.9. The van der Waals surface area contributed by atoms with E-state index in [4.69, 9.17) is 0 Å². The molecule has 0 radical (unpaired) electrons. The second-order valence-electron chi connectivity index (χ2n) is 7.64. The van der Waals surface area contributed by atoms with Gasteiger partial charge in [-0.3, -0.25) is 0 Å². The van der Waals surface area contributed by atoms with Gasteiger partial charge in [-0.25, -0.2) is 0 Å². The Bertz CT molecular complexity index is 617. The van der Waals surface area contributed by atoms with Gasteiger partial charge in [0, 0.05) is 0 Å². The number of unbranched alkanes of at least 4 members (excludes halogenated alkanes) is 11. The van der Waals surface area contributed by atoms with Gasteiger partial charge in [0.25, 0.3) is 0 Å². The summed E-state index contributed by atoms with van der Waals surface area (Å²) in [7, 11) is 0. The van der Waals surface area contributed by atoms with Gasteiger partial charge in [-0.05, 0) is 35.6 Å². The molecule has 2 aromatic carbocycles. The second kappa shape index (κ2) is 13.6. The van der Waals surface area contributed by atoms with Crippen molar-refractivity contribution in [3.05, 3.63) is 60.2 Å². The lowest BCUT2D eigenvalue weighted by molar-refractivity contribution is 0.550. The first-order chi connectivity index (χ1) is 12.9. The van der Waals surface area contributed by atoms with Crippen LogP contribution in [0, 0.1) is 0 Å². The lowest BCUT2D eigenvalue weighted by Crippen LogP contribution is -1.84. The van der Waals surface area contributed by atoms with Crippen molar-refractivity contribution in [2.24, 2.45) is 0 Å². The minimum atomic E-state index is 1.05. The summed E-state index contributed by atoms with van der Waals surface area (Å²) in [6.45, 7) is 2.29. The van der Waals surface area contributed by atoms with Crippen LogP contribution in [0.25, 0.3) is 10.8 Å². The van der Waals surface area contributed by atoms with Crippen molar-refractivity contribution in [1.29, 1.82) is 0 Å². The summed E-state index contributed by atoms with van der Waals surface area (Å²) >= 11 is 0. The van der Waals surface area contributed by atoms with Crippen molar-refractivity contribution in [3.63, 3.8) is 0 Å². The Morgan fingerprint density at radius 2 is 1.23 bits per heavy atom. The van der Waals surface area contributed by atoms with E-state index in [0.29, 0.717) is 0 Å². The molecule has 0 spiro atoms. The Balaban J connectivity index is 1.48. The molecule has 0 aliphatic rings. The van der Waals surface area contributed by atoms with Crippen molar-refractivity contribution in [1.82, 2.24) is 0 Å². The fourth-order valence-electron chi connectivity index (χ4n) is 3.73. The van der Waals surface area contributed by atoms with Crippen molar-refractivity contribution in [2.75, 3.05) is 0 Å². The first-order valence-corrected chi connectivity index (χ1v) is 11.0. The van der Waals surface area contributed by atoms with Crippen LogP contribution in [0.15, 0.2) is 54.6 Å². The molecule has 0 bridgehead atoms. The molecule has 0 aliphatic carbocycles. The van der Waals surface area contributed by atoms with Gasteiger partial charge in [-0.2, -0.15) is 0 Å². The number of benzene rings is 2. The molecule has 2 rings (SSSR count). The Hall–Kier alpha value is -1.56. The highest BCUT2D eigenvalue weighted by molar-refractivity contribution is 5.85. The molecule has 2 aromatic rings. The average molecular weight is 351 g/mol. The SMILES string of the molecule is CCCCCCCCCCCCC/C=C/Cc1cccc2ccccc12. The van der Waals surface area contributed by atoms with Crippen LogP contribution in [-0.4, -0.2) is 0 Å². The molecule has 0 atom stereocenters. The lowest BCUT2D eigenvalue weighted by atomic mass is 10.0. The van der Waals surface area contributed by atoms with E-state index in [1.807, 2.05) is 0 Å². The molecule has 26 heavy (non-hydrogen) atoms. The van der Waals surface area contributed by atoms with Crippen LogP contribution in [0.4, 0.5) is 0 Å². The maximum absolute atomic E-state index is 2.38. The number of hydrogen-bond donors (Lipinski definition) is 0. The molecule has 0 aliphatic heterocycles. The van der Waals surface area contributed by atoms with Crippen LogP contribution >= 0.6 is 0 Å². The third-order valence-corrected chi connectivity index (χ3v) is 5.36. The van der Waals surface area contributed by atoms with Gasteiger partial charge in [0.15, 0.2) is 0 Å². The largest absolute Gasteiger partial charge is 0.0882 e. The van der Waals surface area contributed by atoms with E-state index >= 15 is 0 Å². The highest BCUT2D eigenvalue weighted by Crippen LogP contribution is 2.19. The van der Waals surface area contributed by atoms with Gasteiger partial charge in [0.05, 0.1) is 0 Å². The molecule has 0 aromatic heterocycles. The highest BCUT2D eigenvalue weighted by atomic mass is 14.0. The lowest BCUT2D eigenvalue weighted by Gasteiger charge is -2.03. The molecule has 0 N–H and O–H groups in total. The zero-order valence-electron chi connectivity index (χ0n) is 16.9. The fraction of sp³-hybridized carbons (Fsp3) is 0.538. The predicted molar refractivity (Wildman–Crippen MR) is 118 cm³/mol. The van der Waals surface area contributed by atoms with Crippen LogP contribution in [0.1, 0.15) is 89.5 Å². The van der Waals surface area contributed by atoms with E-state index in [1.165, 1.54) is 93.4 Å². The van der Waals surface area contributed by atoms with Crippen molar-refractivity contribution in [3.8, 4) is 0 Å². The normalized spacial score (nSPS) is 11.6. The second-order valence-corrected chi connectivity index (χ2v) is 7.64. The maximum Gasteiger partial charge on any atom is -0.00913 e. The molecule has 0 unspecified atom stereocenters. The topological polar surface area (TPSA) is 0 Å². The van der Waals surface area contributed by atoms with E-state index in [0.717, 1.165) is 6.42 Å². The van der Waals surface area contributed by atoms with E-state index in [1.54, 1.807) is 0 Å². The van der Waals surface area contributed by atoms with Gasteiger partial charge in [-0.1, -0.05) is 126 Å². The molecule has 0 heterocycles. The molecule has 142 valence electrons. The summed E-state index contributed by atoms with van der Waals surface area (Å²) < 4.78 is 0. The first-order valence-electron chi connectivity index (χ1n) is 11.0. The van der Waals surface area contributed by atoms with Crippen LogP contribution in [0.2, 0.25) is 0 Å². The van der Waals surface area contributed by atoms with Crippen molar-refractivity contribution in [2.45, 2.75) is 90.4 Å². The van der Waals surface area contributed by atoms with Crippen LogP contribution in [0.5, 0.6) is 0 Å². The maximum atomic E-state index is 2.38. The quantitative estimate of drug-likeness (QED) is 0.236. The van der Waals surface area contributed by atoms with Gasteiger partial charge in [0.1, 0.15) is 0 Å². The Morgan fingerprint density at radius 3 is 1.96 bits per heavy atom. The average Bonchev–Trinajstić information content (AvgIpc) is 2.68. The molecule has 0 amide bonds. The van der Waals surface area contributed by atoms with Crippen molar-refractivity contribution >= 4 is 10.8 Å². The van der Waals surface area contributed by atoms with E-state index < -0.39 is 0 Å². The third-order valence-electron chi connectivity index (χ3n) is 5.36. The predicted octanol–water partition coefficient (Wildman–Crippen LogP) is 8.64. The first kappa shape index (κ1) is 20.7. The minimum absolute atomic E-state index is 1.05. The summed E-state index contributed by atoms with van der Waals surface area (Å²) in [6.07, 6.45) is 22.7. The third kappa shape index (κ3) is 8.21. The minimum Gasteiger partial charge on any atom is -0.0882 e. The smallest absolute Gasteiger partial charge is 0.00913 e. The van der Waals surface area contributed by atoms with E-state index in [-0.39, 0.29) is 0 Å². The molecule has 0 heteroatoms. The summed E-state index contributed by atoms with van der Waals surface area (Å²) in [5.74, 6) is 0. The Morgan fingerprint density at radius 1 is 0.615 bits per heavy atom. The van der Waals surface area contributed by atoms with Gasteiger partial charge >= 0.3 is 0 Å². The van der Waals surface area contributed by atoms with Crippen LogP contribution < -0.4 is 0 Å². The van der Waals surface area contributed by atoms with E-state index in [9.17, 15) is 0 Å². The number of fused-ring (bicyclic) bond motifs is 1. The summed E-state index contributed by atoms with van der Waals surface area (Å²) in [5, 5.41) is 2.75. The fourth-order valence-corrected chi connectivity index (χ4v) is 3.73. The van der Waals surface area contributed by atoms with Crippen LogP contribution in [-0.2, 0) is 6.42 Å². The molecule has 0 saturated heterocycles. The van der Waals surface area contributed by atoms with Gasteiger partial charge < -0.3 is 0 Å². The zero-order chi connectivity index (χ0) is 18.3. The molecule has 0 fully saturated rings. The molecule has 0 nitrogen and oxygen atoms in total. The Labute approximate surface area is 161 Å². The van der Waals surface area contributed by atoms with Gasteiger partial charge in [0.2, 0.25) is 0 Å². The molecular formula is C26H38. The molecule has 0 saturated carbocycles. The number of allylic oxidation sites excluding steroid dienone is 2. The van der Waals surface area contributed by atoms with Crippen molar-refractivity contribution < 1.29 is 0 Å². The summed E-state index contributed by atoms with van der Waals surface area (Å²) in [4.78, 5) is 0. The highest BCUT2D eigenvalue weighted by Gasteiger charge is 1.97. The molecular weight excluding hydrogens is 312 g/mol. The number of hydrogen-bond acceptors (Lipinski definition) is 0. The summed E-state index contributed by atoms with van der Waals surface area (Å²) in [5.41, 5.74) is 1.44. The monoisotopic (exact) mass is 350 g/mol. The summed E-state index contributed by atoms with van der Waals surface area (Å²) in [6, 6.07) is 15.3.